The van der Waals surface area contributed by atoms with Gasteiger partial charge in [0, 0.05) is 45.1 Å². The van der Waals surface area contributed by atoms with Gasteiger partial charge in [0.1, 0.15) is 12.4 Å². The lowest BCUT2D eigenvalue weighted by Crippen LogP contribution is -2.41. The zero-order valence-electron chi connectivity index (χ0n) is 17.5. The fourth-order valence-corrected chi connectivity index (χ4v) is 4.21. The summed E-state index contributed by atoms with van der Waals surface area (Å²) < 4.78 is 14.1. The van der Waals surface area contributed by atoms with Gasteiger partial charge in [-0.25, -0.2) is 9.78 Å². The molecule has 0 radical (unpaired) electrons. The van der Waals surface area contributed by atoms with Gasteiger partial charge in [-0.3, -0.25) is 9.36 Å². The van der Waals surface area contributed by atoms with Gasteiger partial charge < -0.3 is 18.6 Å². The Morgan fingerprint density at radius 2 is 2.00 bits per heavy atom. The number of hydrogen-bond donors (Lipinski definition) is 0. The molecule has 3 aromatic rings. The second-order valence-electron chi connectivity index (χ2n) is 7.91. The first-order chi connectivity index (χ1) is 14.6. The molecule has 0 N–H and O–H groups in total. The number of likely N-dealkylation sites (tertiary alicyclic amines) is 1. The molecule has 30 heavy (non-hydrogen) atoms. The van der Waals surface area contributed by atoms with Crippen LogP contribution in [-0.2, 0) is 29.0 Å². The quantitative estimate of drug-likeness (QED) is 0.594. The lowest BCUT2D eigenvalue weighted by molar-refractivity contribution is -0.133. The monoisotopic (exact) mass is 412 g/mol. The number of carbonyl (C=O) groups is 1. The second-order valence-corrected chi connectivity index (χ2v) is 7.91. The van der Waals surface area contributed by atoms with Crippen LogP contribution in [0, 0.1) is 12.8 Å². The number of hydrogen-bond acceptors (Lipinski definition) is 5. The van der Waals surface area contributed by atoms with Crippen molar-refractivity contribution in [2.45, 2.75) is 39.3 Å². The zero-order valence-corrected chi connectivity index (χ0v) is 17.5. The molecule has 2 aromatic heterocycles. The van der Waals surface area contributed by atoms with E-state index in [4.69, 9.17) is 9.15 Å². The van der Waals surface area contributed by atoms with Gasteiger partial charge in [0.15, 0.2) is 5.58 Å². The third-order valence-corrected chi connectivity index (χ3v) is 5.96. The molecule has 1 fully saturated rings. The third-order valence-electron chi connectivity index (χ3n) is 5.96. The van der Waals surface area contributed by atoms with E-state index in [-0.39, 0.29) is 12.5 Å². The van der Waals surface area contributed by atoms with Crippen molar-refractivity contribution in [3.8, 4) is 0 Å². The summed E-state index contributed by atoms with van der Waals surface area (Å²) in [5, 5.41) is 0. The van der Waals surface area contributed by atoms with Gasteiger partial charge in [0.2, 0.25) is 5.91 Å². The number of amides is 1. The maximum Gasteiger partial charge on any atom is 0.420 e. The van der Waals surface area contributed by atoms with Gasteiger partial charge in [-0.15, -0.1) is 0 Å². The second kappa shape index (κ2) is 8.87. The highest BCUT2D eigenvalue weighted by atomic mass is 16.5. The Bertz CT molecular complexity index is 1070. The van der Waals surface area contributed by atoms with E-state index >= 15 is 0 Å². The molecule has 0 bridgehead atoms. The molecule has 0 aliphatic carbocycles. The number of oxazole rings is 1. The van der Waals surface area contributed by atoms with Crippen molar-refractivity contribution in [2.75, 3.05) is 26.8 Å². The van der Waals surface area contributed by atoms with Gasteiger partial charge in [-0.2, -0.15) is 0 Å². The summed E-state index contributed by atoms with van der Waals surface area (Å²) in [6, 6.07) is 7.18. The topological polar surface area (TPSA) is 82.5 Å². The Labute approximate surface area is 175 Å². The summed E-state index contributed by atoms with van der Waals surface area (Å²) in [5.41, 5.74) is 2.31. The summed E-state index contributed by atoms with van der Waals surface area (Å²) in [5.74, 6) is 1.05. The molecule has 1 amide bonds. The van der Waals surface area contributed by atoms with Crippen LogP contribution in [-0.4, -0.2) is 51.7 Å². The molecule has 8 nitrogen and oxygen atoms in total. The molecule has 0 unspecified atom stereocenters. The number of para-hydroxylation sites is 2. The Balaban J connectivity index is 1.35. The normalized spacial score (nSPS) is 15.2. The van der Waals surface area contributed by atoms with Gasteiger partial charge in [-0.1, -0.05) is 12.1 Å². The van der Waals surface area contributed by atoms with Crippen molar-refractivity contribution in [3.63, 3.8) is 0 Å². The summed E-state index contributed by atoms with van der Waals surface area (Å²) in [6.07, 6.45) is 4.69. The molecule has 1 aliphatic rings. The maximum absolute atomic E-state index is 12.8. The number of aromatic nitrogens is 3. The Hall–Kier alpha value is -2.87. The van der Waals surface area contributed by atoms with Gasteiger partial charge >= 0.3 is 5.76 Å². The molecule has 160 valence electrons. The van der Waals surface area contributed by atoms with Crippen LogP contribution >= 0.6 is 0 Å². The van der Waals surface area contributed by atoms with E-state index in [1.807, 2.05) is 23.2 Å². The maximum atomic E-state index is 12.8. The number of piperidine rings is 1. The van der Waals surface area contributed by atoms with Crippen LogP contribution in [0.3, 0.4) is 0 Å². The number of benzene rings is 1. The number of carbonyl (C=O) groups excluding carboxylic acids is 1. The smallest absolute Gasteiger partial charge is 0.408 e. The van der Waals surface area contributed by atoms with Crippen LogP contribution in [0.15, 0.2) is 39.7 Å². The fourth-order valence-electron chi connectivity index (χ4n) is 4.21. The molecule has 1 saturated heterocycles. The van der Waals surface area contributed by atoms with Crippen molar-refractivity contribution < 1.29 is 13.9 Å². The highest BCUT2D eigenvalue weighted by molar-refractivity contribution is 5.79. The first kappa shape index (κ1) is 20.4. The highest BCUT2D eigenvalue weighted by Crippen LogP contribution is 2.22. The van der Waals surface area contributed by atoms with Crippen LogP contribution in [0.1, 0.15) is 24.4 Å². The van der Waals surface area contributed by atoms with E-state index in [1.54, 1.807) is 19.2 Å². The summed E-state index contributed by atoms with van der Waals surface area (Å²) in [4.78, 5) is 31.4. The third kappa shape index (κ3) is 4.18. The van der Waals surface area contributed by atoms with Crippen molar-refractivity contribution in [2.24, 2.45) is 5.92 Å². The predicted molar refractivity (Wildman–Crippen MR) is 112 cm³/mol. The average Bonchev–Trinajstić information content (AvgIpc) is 3.26. The minimum absolute atomic E-state index is 0.0150. The molecule has 1 aliphatic heterocycles. The molecule has 1 aromatic carbocycles. The molecular weight excluding hydrogens is 384 g/mol. The SMILES string of the molecule is COCCn1c(C)cnc1CC1CCN(C(=O)Cn2c(=O)oc3ccccc32)CC1. The molecule has 3 heterocycles. The number of aryl methyl sites for hydroxylation is 1. The van der Waals surface area contributed by atoms with Crippen molar-refractivity contribution in [1.29, 1.82) is 0 Å². The van der Waals surface area contributed by atoms with Gasteiger partial charge in [0.25, 0.3) is 0 Å². The van der Waals surface area contributed by atoms with Crippen LogP contribution in [0.4, 0.5) is 0 Å². The predicted octanol–water partition coefficient (Wildman–Crippen LogP) is 2.23. The van der Waals surface area contributed by atoms with Crippen LogP contribution in [0.5, 0.6) is 0 Å². The number of ether oxygens (including phenoxy) is 1. The van der Waals surface area contributed by atoms with E-state index in [9.17, 15) is 9.59 Å². The highest BCUT2D eigenvalue weighted by Gasteiger charge is 2.25. The van der Waals surface area contributed by atoms with E-state index in [1.165, 1.54) is 4.57 Å². The van der Waals surface area contributed by atoms with Gasteiger partial charge in [0.05, 0.1) is 12.1 Å². The molecule has 0 atom stereocenters. The Morgan fingerprint density at radius 1 is 1.23 bits per heavy atom. The lowest BCUT2D eigenvalue weighted by atomic mass is 9.93. The largest absolute Gasteiger partial charge is 0.420 e. The average molecular weight is 412 g/mol. The van der Waals surface area contributed by atoms with Crippen LogP contribution in [0.2, 0.25) is 0 Å². The van der Waals surface area contributed by atoms with Crippen molar-refractivity contribution >= 4 is 17.0 Å². The molecule has 0 saturated carbocycles. The van der Waals surface area contributed by atoms with Gasteiger partial charge in [-0.05, 0) is 37.8 Å². The minimum atomic E-state index is -0.488. The summed E-state index contributed by atoms with van der Waals surface area (Å²) in [6.45, 7) is 4.95. The lowest BCUT2D eigenvalue weighted by Gasteiger charge is -2.32. The standard InChI is InChI=1S/C22H28N4O4/c1-16-14-23-20(25(16)11-12-29-2)13-17-7-9-24(10-8-17)21(27)15-26-18-5-3-4-6-19(18)30-22(26)28/h3-6,14,17H,7-13,15H2,1-2H3. The summed E-state index contributed by atoms with van der Waals surface area (Å²) >= 11 is 0. The van der Waals surface area contributed by atoms with Crippen molar-refractivity contribution in [3.05, 3.63) is 52.5 Å². The first-order valence-corrected chi connectivity index (χ1v) is 10.4. The van der Waals surface area contributed by atoms with E-state index in [0.717, 1.165) is 37.3 Å². The van der Waals surface area contributed by atoms with E-state index < -0.39 is 5.76 Å². The number of nitrogens with zero attached hydrogens (tertiary/aromatic N) is 4. The van der Waals surface area contributed by atoms with Crippen LogP contribution in [0.25, 0.3) is 11.1 Å². The number of methoxy groups -OCH3 is 1. The van der Waals surface area contributed by atoms with E-state index in [2.05, 4.69) is 16.5 Å². The minimum Gasteiger partial charge on any atom is -0.408 e. The molecule has 8 heteroatoms. The first-order valence-electron chi connectivity index (χ1n) is 10.4. The number of rotatable bonds is 7. The van der Waals surface area contributed by atoms with E-state index in [0.29, 0.717) is 36.7 Å². The fraction of sp³-hybridized carbons (Fsp3) is 0.500. The Kier molecular flexibility index (Phi) is 6.03. The Morgan fingerprint density at radius 3 is 2.77 bits per heavy atom. The molecule has 0 spiro atoms. The number of fused-ring (bicyclic) bond motifs is 1. The molecule has 4 rings (SSSR count). The van der Waals surface area contributed by atoms with Crippen LogP contribution < -0.4 is 5.76 Å². The molecular formula is C22H28N4O4. The zero-order chi connectivity index (χ0) is 21.1. The van der Waals surface area contributed by atoms with Crippen molar-refractivity contribution in [1.82, 2.24) is 19.0 Å². The number of imidazole rings is 1. The summed E-state index contributed by atoms with van der Waals surface area (Å²) in [7, 11) is 1.71.